The minimum Gasteiger partial charge on any atom is -0.393 e. The van der Waals surface area contributed by atoms with Gasteiger partial charge in [-0.3, -0.25) is 0 Å². The summed E-state index contributed by atoms with van der Waals surface area (Å²) >= 11 is 2.31. The molecule has 1 N–H and O–H groups in total. The molecule has 1 nitrogen and oxygen atoms in total. The highest BCUT2D eigenvalue weighted by atomic mass is 127. The Morgan fingerprint density at radius 1 is 1.29 bits per heavy atom. The normalized spacial score (nSPS) is 29.7. The van der Waals surface area contributed by atoms with E-state index in [1.54, 1.807) is 0 Å². The number of hydrogen-bond donors (Lipinski definition) is 1. The van der Waals surface area contributed by atoms with Crippen LogP contribution < -0.4 is 0 Å². The molecule has 0 heterocycles. The Hall–Kier alpha value is -0.0900. The van der Waals surface area contributed by atoms with Crippen LogP contribution in [0.5, 0.6) is 0 Å². The standard InChI is InChI=1S/C12H15IO/c1-12(2)10(7-11(12)14)8-3-5-9(13)6-4-8/h3-6,10-11,14H,7H2,1-2H3. The van der Waals surface area contributed by atoms with Crippen LogP contribution in [0.25, 0.3) is 0 Å². The Balaban J connectivity index is 2.22. The summed E-state index contributed by atoms with van der Waals surface area (Å²) in [7, 11) is 0. The average molecular weight is 302 g/mol. The minimum atomic E-state index is -0.133. The molecule has 1 fully saturated rings. The summed E-state index contributed by atoms with van der Waals surface area (Å²) in [5.74, 6) is 0.523. The molecule has 1 saturated carbocycles. The third-order valence-corrected chi connectivity index (χ3v) is 4.21. The van der Waals surface area contributed by atoms with Crippen LogP contribution in [-0.2, 0) is 0 Å². The molecule has 1 aliphatic carbocycles. The van der Waals surface area contributed by atoms with E-state index in [-0.39, 0.29) is 11.5 Å². The Kier molecular flexibility index (Phi) is 2.60. The Morgan fingerprint density at radius 2 is 1.86 bits per heavy atom. The molecule has 1 aromatic carbocycles. The van der Waals surface area contributed by atoms with E-state index in [4.69, 9.17) is 0 Å². The molecule has 14 heavy (non-hydrogen) atoms. The van der Waals surface area contributed by atoms with Crippen molar-refractivity contribution >= 4 is 22.6 Å². The molecular formula is C12H15IO. The van der Waals surface area contributed by atoms with Gasteiger partial charge >= 0.3 is 0 Å². The monoisotopic (exact) mass is 302 g/mol. The fourth-order valence-corrected chi connectivity index (χ4v) is 2.52. The first kappa shape index (κ1) is 10.4. The molecule has 2 atom stereocenters. The van der Waals surface area contributed by atoms with Crippen molar-refractivity contribution in [1.82, 2.24) is 0 Å². The molecule has 2 heteroatoms. The quantitative estimate of drug-likeness (QED) is 0.790. The Bertz CT molecular complexity index is 329. The van der Waals surface area contributed by atoms with Gasteiger partial charge in [0.2, 0.25) is 0 Å². The number of aliphatic hydroxyl groups is 1. The number of benzene rings is 1. The maximum atomic E-state index is 9.66. The maximum absolute atomic E-state index is 9.66. The van der Waals surface area contributed by atoms with E-state index in [1.807, 2.05) is 0 Å². The maximum Gasteiger partial charge on any atom is 0.0603 e. The molecule has 2 rings (SSSR count). The van der Waals surface area contributed by atoms with Crippen molar-refractivity contribution in [2.75, 3.05) is 0 Å². The summed E-state index contributed by atoms with van der Waals surface area (Å²) < 4.78 is 1.27. The lowest BCUT2D eigenvalue weighted by molar-refractivity contribution is -0.0625. The first-order valence-corrected chi connectivity index (χ1v) is 6.03. The molecule has 0 aliphatic heterocycles. The van der Waals surface area contributed by atoms with Crippen molar-refractivity contribution in [3.63, 3.8) is 0 Å². The summed E-state index contributed by atoms with van der Waals surface area (Å²) in [6.45, 7) is 4.29. The van der Waals surface area contributed by atoms with Crippen molar-refractivity contribution in [2.24, 2.45) is 5.41 Å². The van der Waals surface area contributed by atoms with Crippen LogP contribution >= 0.6 is 22.6 Å². The molecule has 1 aromatic rings. The molecule has 0 amide bonds. The van der Waals surface area contributed by atoms with Gasteiger partial charge in [0.25, 0.3) is 0 Å². The van der Waals surface area contributed by atoms with Crippen LogP contribution in [0.4, 0.5) is 0 Å². The second-order valence-corrected chi connectivity index (χ2v) is 5.92. The predicted octanol–water partition coefficient (Wildman–Crippen LogP) is 3.17. The highest BCUT2D eigenvalue weighted by Crippen LogP contribution is 2.52. The molecule has 0 radical (unpaired) electrons. The van der Waals surface area contributed by atoms with Gasteiger partial charge in [0.05, 0.1) is 6.10 Å². The van der Waals surface area contributed by atoms with Crippen molar-refractivity contribution in [1.29, 1.82) is 0 Å². The Morgan fingerprint density at radius 3 is 2.29 bits per heavy atom. The van der Waals surface area contributed by atoms with E-state index >= 15 is 0 Å². The van der Waals surface area contributed by atoms with Crippen LogP contribution in [-0.4, -0.2) is 11.2 Å². The third kappa shape index (κ3) is 1.58. The van der Waals surface area contributed by atoms with E-state index in [0.29, 0.717) is 5.92 Å². The van der Waals surface area contributed by atoms with E-state index in [0.717, 1.165) is 6.42 Å². The highest BCUT2D eigenvalue weighted by Gasteiger charge is 2.47. The zero-order valence-electron chi connectivity index (χ0n) is 8.50. The van der Waals surface area contributed by atoms with Gasteiger partial charge in [-0.1, -0.05) is 26.0 Å². The summed E-state index contributed by atoms with van der Waals surface area (Å²) in [5, 5.41) is 9.66. The lowest BCUT2D eigenvalue weighted by Gasteiger charge is -2.49. The third-order valence-electron chi connectivity index (χ3n) is 3.49. The fourth-order valence-electron chi connectivity index (χ4n) is 2.16. The Labute approximate surface area is 98.7 Å². The van der Waals surface area contributed by atoms with Gasteiger partial charge in [-0.25, -0.2) is 0 Å². The SMILES string of the molecule is CC1(C)C(O)CC1c1ccc(I)cc1. The van der Waals surface area contributed by atoms with Crippen LogP contribution in [0, 0.1) is 8.99 Å². The summed E-state index contributed by atoms with van der Waals surface area (Å²) in [4.78, 5) is 0. The van der Waals surface area contributed by atoms with Crippen LogP contribution in [0.1, 0.15) is 31.7 Å². The molecule has 0 saturated heterocycles. The summed E-state index contributed by atoms with van der Waals surface area (Å²) in [6.07, 6.45) is 0.778. The van der Waals surface area contributed by atoms with Crippen LogP contribution in [0.15, 0.2) is 24.3 Å². The van der Waals surface area contributed by atoms with Gasteiger partial charge in [0.1, 0.15) is 0 Å². The second-order valence-electron chi connectivity index (χ2n) is 4.68. The topological polar surface area (TPSA) is 20.2 Å². The smallest absolute Gasteiger partial charge is 0.0603 e. The highest BCUT2D eigenvalue weighted by molar-refractivity contribution is 14.1. The van der Waals surface area contributed by atoms with Crippen molar-refractivity contribution in [3.8, 4) is 0 Å². The molecule has 0 aromatic heterocycles. The van der Waals surface area contributed by atoms with Crippen molar-refractivity contribution < 1.29 is 5.11 Å². The van der Waals surface area contributed by atoms with Gasteiger partial charge in [0.15, 0.2) is 0 Å². The molecule has 76 valence electrons. The van der Waals surface area contributed by atoms with Crippen LogP contribution in [0.3, 0.4) is 0 Å². The summed E-state index contributed by atoms with van der Waals surface area (Å²) in [5.41, 5.74) is 1.41. The lowest BCUT2D eigenvalue weighted by atomic mass is 9.58. The number of rotatable bonds is 1. The first-order valence-electron chi connectivity index (χ1n) is 4.95. The predicted molar refractivity (Wildman–Crippen MR) is 66.3 cm³/mol. The second kappa shape index (κ2) is 3.49. The first-order chi connectivity index (χ1) is 6.51. The largest absolute Gasteiger partial charge is 0.393 e. The minimum absolute atomic E-state index is 0.0484. The van der Waals surface area contributed by atoms with E-state index < -0.39 is 0 Å². The van der Waals surface area contributed by atoms with Crippen LogP contribution in [0.2, 0.25) is 0 Å². The fraction of sp³-hybridized carbons (Fsp3) is 0.500. The van der Waals surface area contributed by atoms with E-state index in [1.165, 1.54) is 9.13 Å². The van der Waals surface area contributed by atoms with E-state index in [9.17, 15) is 5.11 Å². The molecule has 1 aliphatic rings. The van der Waals surface area contributed by atoms with E-state index in [2.05, 4.69) is 60.7 Å². The van der Waals surface area contributed by atoms with Gasteiger partial charge in [0, 0.05) is 3.57 Å². The zero-order valence-corrected chi connectivity index (χ0v) is 10.7. The zero-order chi connectivity index (χ0) is 10.3. The molecule has 2 unspecified atom stereocenters. The van der Waals surface area contributed by atoms with Gasteiger partial charge < -0.3 is 5.11 Å². The van der Waals surface area contributed by atoms with Crippen molar-refractivity contribution in [3.05, 3.63) is 33.4 Å². The van der Waals surface area contributed by atoms with Crippen molar-refractivity contribution in [2.45, 2.75) is 32.3 Å². The van der Waals surface area contributed by atoms with Gasteiger partial charge in [-0.05, 0) is 58.0 Å². The lowest BCUT2D eigenvalue weighted by Crippen LogP contribution is -2.47. The number of hydrogen-bond acceptors (Lipinski definition) is 1. The van der Waals surface area contributed by atoms with Gasteiger partial charge in [-0.2, -0.15) is 0 Å². The number of aliphatic hydroxyl groups excluding tert-OH is 1. The number of halogens is 1. The van der Waals surface area contributed by atoms with Gasteiger partial charge in [-0.15, -0.1) is 0 Å². The molecular weight excluding hydrogens is 287 g/mol. The average Bonchev–Trinajstić information content (AvgIpc) is 2.16. The summed E-state index contributed by atoms with van der Waals surface area (Å²) in [6, 6.07) is 8.63. The molecule has 0 bridgehead atoms. The molecule has 0 spiro atoms.